The second-order valence-electron chi connectivity index (χ2n) is 8.86. The second-order valence-corrected chi connectivity index (χ2v) is 9.75. The van der Waals surface area contributed by atoms with E-state index in [1.54, 1.807) is 24.6 Å². The number of likely N-dealkylation sites (tertiary alicyclic amines) is 1. The van der Waals surface area contributed by atoms with Crippen LogP contribution in [0.4, 0.5) is 0 Å². The molecule has 0 saturated carbocycles. The van der Waals surface area contributed by atoms with E-state index in [2.05, 4.69) is 15.4 Å². The summed E-state index contributed by atoms with van der Waals surface area (Å²) < 4.78 is 8.17. The van der Waals surface area contributed by atoms with Crippen molar-refractivity contribution in [2.45, 2.75) is 32.2 Å². The molecule has 9 heteroatoms. The average Bonchev–Trinajstić information content (AvgIpc) is 3.49. The van der Waals surface area contributed by atoms with Gasteiger partial charge < -0.3 is 9.09 Å². The summed E-state index contributed by atoms with van der Waals surface area (Å²) in [7, 11) is 3.21. The van der Waals surface area contributed by atoms with Crippen molar-refractivity contribution in [1.29, 1.82) is 0 Å². The van der Waals surface area contributed by atoms with Gasteiger partial charge in [-0.1, -0.05) is 35.5 Å². The van der Waals surface area contributed by atoms with Crippen LogP contribution in [0.3, 0.4) is 0 Å². The van der Waals surface area contributed by atoms with Crippen molar-refractivity contribution in [3.05, 3.63) is 79.1 Å². The summed E-state index contributed by atoms with van der Waals surface area (Å²) >= 11 is 1.69. The Morgan fingerprint density at radius 2 is 1.85 bits per heavy atom. The fourth-order valence-corrected chi connectivity index (χ4v) is 5.61. The summed E-state index contributed by atoms with van der Waals surface area (Å²) in [5.74, 6) is 1.16. The van der Waals surface area contributed by atoms with Gasteiger partial charge in [0.15, 0.2) is 0 Å². The third kappa shape index (κ3) is 4.17. The number of piperidine rings is 1. The highest BCUT2D eigenvalue weighted by Crippen LogP contribution is 2.38. The van der Waals surface area contributed by atoms with Crippen molar-refractivity contribution in [3.8, 4) is 22.5 Å². The highest BCUT2D eigenvalue weighted by Gasteiger charge is 2.26. The first-order chi connectivity index (χ1) is 16.4. The summed E-state index contributed by atoms with van der Waals surface area (Å²) in [4.78, 5) is 31.7. The minimum Gasteiger partial charge on any atom is -0.360 e. The van der Waals surface area contributed by atoms with Crippen molar-refractivity contribution in [2.24, 2.45) is 14.1 Å². The van der Waals surface area contributed by atoms with Crippen molar-refractivity contribution in [2.75, 3.05) is 13.1 Å². The molecule has 0 unspecified atom stereocenters. The van der Waals surface area contributed by atoms with Gasteiger partial charge in [-0.3, -0.25) is 14.3 Å². The molecule has 3 aromatic heterocycles. The van der Waals surface area contributed by atoms with Crippen LogP contribution in [0, 0.1) is 6.92 Å². The zero-order chi connectivity index (χ0) is 23.8. The Balaban J connectivity index is 1.29. The maximum Gasteiger partial charge on any atom is 0.330 e. The predicted molar refractivity (Wildman–Crippen MR) is 132 cm³/mol. The Bertz CT molecular complexity index is 1420. The molecule has 1 fully saturated rings. The smallest absolute Gasteiger partial charge is 0.330 e. The zero-order valence-electron chi connectivity index (χ0n) is 19.5. The largest absolute Gasteiger partial charge is 0.360 e. The van der Waals surface area contributed by atoms with E-state index in [1.165, 1.54) is 16.2 Å². The number of aryl methyl sites for hydroxylation is 2. The van der Waals surface area contributed by atoms with Crippen LogP contribution in [0.15, 0.2) is 56.0 Å². The normalized spacial score (nSPS) is 15.1. The van der Waals surface area contributed by atoms with Crippen molar-refractivity contribution in [1.82, 2.24) is 24.2 Å². The highest BCUT2D eigenvalue weighted by atomic mass is 32.1. The Hall–Kier alpha value is -3.30. The van der Waals surface area contributed by atoms with Gasteiger partial charge in [0.1, 0.15) is 11.5 Å². The molecule has 1 aromatic carbocycles. The van der Waals surface area contributed by atoms with E-state index in [-0.39, 0.29) is 11.2 Å². The van der Waals surface area contributed by atoms with Gasteiger partial charge in [0.25, 0.3) is 5.56 Å². The lowest BCUT2D eigenvalue weighted by Crippen LogP contribution is -2.41. The van der Waals surface area contributed by atoms with Crippen LogP contribution in [-0.2, 0) is 20.6 Å². The van der Waals surface area contributed by atoms with Gasteiger partial charge in [-0.2, -0.15) is 0 Å². The quantitative estimate of drug-likeness (QED) is 0.437. The van der Waals surface area contributed by atoms with Crippen molar-refractivity contribution >= 4 is 11.3 Å². The predicted octanol–water partition coefficient (Wildman–Crippen LogP) is 3.55. The molecule has 0 spiro atoms. The number of hydrogen-bond donors (Lipinski definition) is 0. The number of nitrogens with zero attached hydrogens (tertiary/aromatic N) is 5. The van der Waals surface area contributed by atoms with E-state index in [4.69, 9.17) is 9.51 Å². The highest BCUT2D eigenvalue weighted by molar-refractivity contribution is 7.10. The number of hydrogen-bond acceptors (Lipinski definition) is 7. The maximum atomic E-state index is 12.5. The van der Waals surface area contributed by atoms with Crippen molar-refractivity contribution < 1.29 is 4.52 Å². The van der Waals surface area contributed by atoms with Gasteiger partial charge >= 0.3 is 5.69 Å². The standard InChI is InChI=1S/C25H27N5O3S/c1-16-21(22(27-33-16)17-7-5-4-6-8-17)20-15-34-23(26-20)18-9-11-30(12-10-18)14-19-13-28(2)25(32)29(3)24(19)31/h4-8,13,15,18H,9-12,14H2,1-3H3. The third-order valence-corrected chi connectivity index (χ3v) is 7.54. The first kappa shape index (κ1) is 22.5. The lowest BCUT2D eigenvalue weighted by atomic mass is 9.97. The van der Waals surface area contributed by atoms with Crippen LogP contribution < -0.4 is 11.2 Å². The number of benzene rings is 1. The van der Waals surface area contributed by atoms with Crippen LogP contribution in [0.2, 0.25) is 0 Å². The first-order valence-electron chi connectivity index (χ1n) is 11.4. The molecule has 0 atom stereocenters. The van der Waals surface area contributed by atoms with E-state index < -0.39 is 0 Å². The fraction of sp³-hybridized carbons (Fsp3) is 0.360. The Labute approximate surface area is 201 Å². The number of aromatic nitrogens is 4. The molecule has 34 heavy (non-hydrogen) atoms. The van der Waals surface area contributed by atoms with E-state index in [1.807, 2.05) is 37.3 Å². The topological polar surface area (TPSA) is 86.2 Å². The average molecular weight is 478 g/mol. The molecule has 0 amide bonds. The zero-order valence-corrected chi connectivity index (χ0v) is 20.3. The van der Waals surface area contributed by atoms with Crippen molar-refractivity contribution in [3.63, 3.8) is 0 Å². The molecule has 1 aliphatic heterocycles. The maximum absolute atomic E-state index is 12.5. The van der Waals surface area contributed by atoms with E-state index in [0.717, 1.165) is 59.2 Å². The van der Waals surface area contributed by atoms with Crippen LogP contribution in [0.5, 0.6) is 0 Å². The molecule has 5 rings (SSSR count). The van der Waals surface area contributed by atoms with Gasteiger partial charge in [0, 0.05) is 49.3 Å². The molecule has 4 aromatic rings. The van der Waals surface area contributed by atoms with E-state index >= 15 is 0 Å². The molecular weight excluding hydrogens is 450 g/mol. The second kappa shape index (κ2) is 9.15. The van der Waals surface area contributed by atoms with Gasteiger partial charge in [0.05, 0.1) is 16.3 Å². The van der Waals surface area contributed by atoms with Crippen LogP contribution >= 0.6 is 11.3 Å². The molecule has 1 saturated heterocycles. The molecule has 0 bridgehead atoms. The van der Waals surface area contributed by atoms with Crippen LogP contribution in [0.25, 0.3) is 22.5 Å². The molecule has 1 aliphatic rings. The monoisotopic (exact) mass is 477 g/mol. The van der Waals surface area contributed by atoms with Gasteiger partial charge in [0.2, 0.25) is 0 Å². The summed E-state index contributed by atoms with van der Waals surface area (Å²) in [5.41, 5.74) is 3.84. The third-order valence-electron chi connectivity index (χ3n) is 6.54. The lowest BCUT2D eigenvalue weighted by molar-refractivity contribution is 0.203. The number of thiazole rings is 1. The summed E-state index contributed by atoms with van der Waals surface area (Å²) in [6, 6.07) is 10.0. The molecule has 176 valence electrons. The molecule has 0 aliphatic carbocycles. The first-order valence-corrected chi connectivity index (χ1v) is 12.3. The minimum atomic E-state index is -0.300. The van der Waals surface area contributed by atoms with E-state index in [9.17, 15) is 9.59 Å². The Morgan fingerprint density at radius 1 is 1.12 bits per heavy atom. The van der Waals surface area contributed by atoms with Crippen LogP contribution in [0.1, 0.15) is 35.1 Å². The lowest BCUT2D eigenvalue weighted by Gasteiger charge is -2.30. The SMILES string of the molecule is Cc1onc(-c2ccccc2)c1-c1csc(C2CCN(Cc3cn(C)c(=O)n(C)c3=O)CC2)n1. The molecule has 0 radical (unpaired) electrons. The molecule has 8 nitrogen and oxygen atoms in total. The molecule has 4 heterocycles. The summed E-state index contributed by atoms with van der Waals surface area (Å²) in [6.07, 6.45) is 3.62. The van der Waals surface area contributed by atoms with Gasteiger partial charge in [-0.15, -0.1) is 11.3 Å². The van der Waals surface area contributed by atoms with Gasteiger partial charge in [-0.05, 0) is 32.9 Å². The Kier molecular flexibility index (Phi) is 6.05. The van der Waals surface area contributed by atoms with E-state index in [0.29, 0.717) is 18.0 Å². The Morgan fingerprint density at radius 3 is 2.59 bits per heavy atom. The molecular formula is C25H27N5O3S. The van der Waals surface area contributed by atoms with Gasteiger partial charge in [-0.25, -0.2) is 9.78 Å². The summed E-state index contributed by atoms with van der Waals surface area (Å²) in [5, 5.41) is 7.52. The van der Waals surface area contributed by atoms with Crippen LogP contribution in [-0.4, -0.2) is 37.3 Å². The fourth-order valence-electron chi connectivity index (χ4n) is 4.63. The molecule has 0 N–H and O–H groups in total. The summed E-state index contributed by atoms with van der Waals surface area (Å²) in [6.45, 7) is 4.24. The minimum absolute atomic E-state index is 0.215. The number of rotatable bonds is 5.